The molecule has 2 heterocycles. The molecule has 0 spiro atoms. The second-order valence-corrected chi connectivity index (χ2v) is 7.81. The van der Waals surface area contributed by atoms with E-state index in [0.29, 0.717) is 11.8 Å². The second-order valence-electron chi connectivity index (χ2n) is 6.87. The molecule has 7 nitrogen and oxygen atoms in total. The first-order chi connectivity index (χ1) is 13.7. The number of non-ortho nitro benzene ring substituents is 1. The van der Waals surface area contributed by atoms with Crippen LogP contribution in [0.1, 0.15) is 24.4 Å². The van der Waals surface area contributed by atoms with E-state index in [1.54, 1.807) is 36.0 Å². The number of aromatic nitrogens is 4. The molecule has 0 saturated heterocycles. The normalized spacial score (nSPS) is 13.9. The van der Waals surface area contributed by atoms with Gasteiger partial charge in [0.15, 0.2) is 11.0 Å². The van der Waals surface area contributed by atoms with Gasteiger partial charge in [-0.25, -0.2) is 0 Å². The van der Waals surface area contributed by atoms with Crippen molar-refractivity contribution in [3.8, 4) is 11.4 Å². The number of thioether (sulfide) groups is 1. The molecule has 1 fully saturated rings. The Hall–Kier alpha value is -3.13. The Labute approximate surface area is 164 Å². The predicted octanol–water partition coefficient (Wildman–Crippen LogP) is 4.96. The summed E-state index contributed by atoms with van der Waals surface area (Å²) in [5.74, 6) is 1.59. The molecule has 140 valence electrons. The van der Waals surface area contributed by atoms with E-state index >= 15 is 0 Å². The van der Waals surface area contributed by atoms with Crippen LogP contribution in [0.4, 0.5) is 5.69 Å². The Bertz CT molecular complexity index is 1160. The number of hydrogen-bond acceptors (Lipinski definition) is 5. The van der Waals surface area contributed by atoms with Gasteiger partial charge in [-0.3, -0.25) is 14.7 Å². The van der Waals surface area contributed by atoms with Gasteiger partial charge >= 0.3 is 0 Å². The maximum absolute atomic E-state index is 10.8. The SMILES string of the molecule is O=[N+]([O-])c1ccc(CSc2nnc(-c3c[nH]c4ccccc34)n2C2CC2)cc1. The monoisotopic (exact) mass is 391 g/mol. The molecular weight excluding hydrogens is 374 g/mol. The topological polar surface area (TPSA) is 89.6 Å². The quantitative estimate of drug-likeness (QED) is 0.285. The minimum absolute atomic E-state index is 0.108. The molecule has 2 aromatic carbocycles. The number of benzene rings is 2. The van der Waals surface area contributed by atoms with Crippen LogP contribution in [0, 0.1) is 10.1 Å². The first-order valence-corrected chi connectivity index (χ1v) is 10.1. The zero-order chi connectivity index (χ0) is 19.1. The highest BCUT2D eigenvalue weighted by Gasteiger charge is 2.30. The van der Waals surface area contributed by atoms with E-state index in [-0.39, 0.29) is 10.6 Å². The van der Waals surface area contributed by atoms with Crippen molar-refractivity contribution < 1.29 is 4.92 Å². The van der Waals surface area contributed by atoms with E-state index in [1.807, 2.05) is 18.3 Å². The first-order valence-electron chi connectivity index (χ1n) is 9.08. The fraction of sp³-hybridized carbons (Fsp3) is 0.200. The van der Waals surface area contributed by atoms with Gasteiger partial charge in [0.25, 0.3) is 5.69 Å². The number of H-pyrrole nitrogens is 1. The van der Waals surface area contributed by atoms with Gasteiger partial charge < -0.3 is 4.98 Å². The summed E-state index contributed by atoms with van der Waals surface area (Å²) in [6.45, 7) is 0. The molecule has 5 rings (SSSR count). The highest BCUT2D eigenvalue weighted by molar-refractivity contribution is 7.98. The molecule has 8 heteroatoms. The minimum Gasteiger partial charge on any atom is -0.360 e. The van der Waals surface area contributed by atoms with Crippen LogP contribution in [-0.4, -0.2) is 24.7 Å². The molecular formula is C20H17N5O2S. The number of aromatic amines is 1. The second kappa shape index (κ2) is 6.79. The average molecular weight is 391 g/mol. The number of fused-ring (bicyclic) bond motifs is 1. The third-order valence-corrected chi connectivity index (χ3v) is 5.94. The van der Waals surface area contributed by atoms with Crippen molar-refractivity contribution in [1.29, 1.82) is 0 Å². The Morgan fingerprint density at radius 2 is 1.93 bits per heavy atom. The Kier molecular flexibility index (Phi) is 4.12. The number of nitrogens with one attached hydrogen (secondary N) is 1. The maximum atomic E-state index is 10.8. The van der Waals surface area contributed by atoms with Crippen molar-refractivity contribution in [1.82, 2.24) is 19.7 Å². The molecule has 1 saturated carbocycles. The van der Waals surface area contributed by atoms with E-state index < -0.39 is 0 Å². The fourth-order valence-corrected chi connectivity index (χ4v) is 4.30. The molecule has 1 aliphatic rings. The predicted molar refractivity (Wildman–Crippen MR) is 108 cm³/mol. The summed E-state index contributed by atoms with van der Waals surface area (Å²) in [5.41, 5.74) is 3.28. The zero-order valence-corrected chi connectivity index (χ0v) is 15.7. The van der Waals surface area contributed by atoms with E-state index in [2.05, 4.69) is 31.9 Å². The summed E-state index contributed by atoms with van der Waals surface area (Å²) in [6.07, 6.45) is 4.27. The fourth-order valence-electron chi connectivity index (χ4n) is 3.34. The smallest absolute Gasteiger partial charge is 0.269 e. The van der Waals surface area contributed by atoms with Crippen LogP contribution < -0.4 is 0 Å². The summed E-state index contributed by atoms with van der Waals surface area (Å²) in [4.78, 5) is 13.7. The summed E-state index contributed by atoms with van der Waals surface area (Å²) >= 11 is 1.62. The molecule has 0 bridgehead atoms. The highest BCUT2D eigenvalue weighted by atomic mass is 32.2. The van der Waals surface area contributed by atoms with Gasteiger partial charge in [-0.1, -0.05) is 42.1 Å². The van der Waals surface area contributed by atoms with Crippen LogP contribution in [0.3, 0.4) is 0 Å². The molecule has 4 aromatic rings. The molecule has 0 unspecified atom stereocenters. The number of rotatable bonds is 6. The zero-order valence-electron chi connectivity index (χ0n) is 14.9. The number of hydrogen-bond donors (Lipinski definition) is 1. The van der Waals surface area contributed by atoms with Crippen molar-refractivity contribution in [3.63, 3.8) is 0 Å². The van der Waals surface area contributed by atoms with Gasteiger partial charge in [0.2, 0.25) is 0 Å². The molecule has 2 aromatic heterocycles. The van der Waals surface area contributed by atoms with Crippen molar-refractivity contribution in [2.24, 2.45) is 0 Å². The van der Waals surface area contributed by atoms with Gasteiger partial charge in [-0.2, -0.15) is 0 Å². The maximum Gasteiger partial charge on any atom is 0.269 e. The number of nitrogens with zero attached hydrogens (tertiary/aromatic N) is 4. The summed E-state index contributed by atoms with van der Waals surface area (Å²) in [6, 6.07) is 15.3. The third-order valence-electron chi connectivity index (χ3n) is 4.92. The van der Waals surface area contributed by atoms with Crippen LogP contribution in [0.5, 0.6) is 0 Å². The van der Waals surface area contributed by atoms with Crippen molar-refractivity contribution in [3.05, 3.63) is 70.4 Å². The van der Waals surface area contributed by atoms with Crippen LogP contribution in [-0.2, 0) is 5.75 Å². The number of nitro benzene ring substituents is 1. The molecule has 1 aliphatic carbocycles. The first kappa shape index (κ1) is 17.0. The number of para-hydroxylation sites is 1. The lowest BCUT2D eigenvalue weighted by molar-refractivity contribution is -0.384. The molecule has 1 N–H and O–H groups in total. The Morgan fingerprint density at radius 3 is 2.68 bits per heavy atom. The molecule has 0 aliphatic heterocycles. The Balaban J connectivity index is 1.44. The van der Waals surface area contributed by atoms with Crippen LogP contribution >= 0.6 is 11.8 Å². The van der Waals surface area contributed by atoms with Gasteiger partial charge in [0.1, 0.15) is 0 Å². The highest BCUT2D eigenvalue weighted by Crippen LogP contribution is 2.42. The van der Waals surface area contributed by atoms with Crippen molar-refractivity contribution in [2.75, 3.05) is 0 Å². The van der Waals surface area contributed by atoms with Gasteiger partial charge in [-0.15, -0.1) is 10.2 Å². The molecule has 0 radical (unpaired) electrons. The Morgan fingerprint density at radius 1 is 1.14 bits per heavy atom. The van der Waals surface area contributed by atoms with E-state index in [0.717, 1.165) is 45.9 Å². The molecule has 28 heavy (non-hydrogen) atoms. The lowest BCUT2D eigenvalue weighted by Gasteiger charge is -2.08. The van der Waals surface area contributed by atoms with Crippen LogP contribution in [0.15, 0.2) is 59.9 Å². The lowest BCUT2D eigenvalue weighted by atomic mass is 10.1. The van der Waals surface area contributed by atoms with Gasteiger partial charge in [0.05, 0.1) is 4.92 Å². The summed E-state index contributed by atoms with van der Waals surface area (Å²) < 4.78 is 2.24. The largest absolute Gasteiger partial charge is 0.360 e. The third kappa shape index (κ3) is 3.05. The van der Waals surface area contributed by atoms with Gasteiger partial charge in [0, 0.05) is 46.6 Å². The molecule has 0 amide bonds. The minimum atomic E-state index is -0.381. The standard InChI is InChI=1S/C20H17N5O2S/c26-25(27)15-7-5-13(6-8-15)12-28-20-23-22-19(24(20)14-9-10-14)17-11-21-18-4-2-1-3-16(17)18/h1-8,11,14,21H,9-10,12H2. The average Bonchev–Trinajstić information content (AvgIpc) is 3.33. The van der Waals surface area contributed by atoms with E-state index in [9.17, 15) is 10.1 Å². The van der Waals surface area contributed by atoms with Crippen molar-refractivity contribution >= 4 is 28.4 Å². The van der Waals surface area contributed by atoms with Crippen molar-refractivity contribution in [2.45, 2.75) is 29.8 Å². The van der Waals surface area contributed by atoms with E-state index in [1.165, 1.54) is 0 Å². The van der Waals surface area contributed by atoms with Crippen LogP contribution in [0.25, 0.3) is 22.3 Å². The van der Waals surface area contributed by atoms with Gasteiger partial charge in [-0.05, 0) is 24.5 Å². The number of nitro groups is 1. The summed E-state index contributed by atoms with van der Waals surface area (Å²) in [7, 11) is 0. The molecule has 0 atom stereocenters. The van der Waals surface area contributed by atoms with Crippen LogP contribution in [0.2, 0.25) is 0 Å². The lowest BCUT2D eigenvalue weighted by Crippen LogP contribution is -1.99. The van der Waals surface area contributed by atoms with E-state index in [4.69, 9.17) is 0 Å². The summed E-state index contributed by atoms with van der Waals surface area (Å²) in [5, 5.41) is 21.8.